The molecule has 0 saturated carbocycles. The zero-order chi connectivity index (χ0) is 13.8. The van der Waals surface area contributed by atoms with E-state index in [0.29, 0.717) is 5.69 Å². The van der Waals surface area contributed by atoms with Crippen LogP contribution in [0.1, 0.15) is 10.6 Å². The predicted octanol–water partition coefficient (Wildman–Crippen LogP) is 2.80. The van der Waals surface area contributed by atoms with Gasteiger partial charge in [-0.1, -0.05) is 11.8 Å². The monoisotopic (exact) mass is 286 g/mol. The summed E-state index contributed by atoms with van der Waals surface area (Å²) in [6.07, 6.45) is 2.92. The summed E-state index contributed by atoms with van der Waals surface area (Å²) < 4.78 is 5.03. The van der Waals surface area contributed by atoms with Crippen molar-refractivity contribution in [3.63, 3.8) is 0 Å². The van der Waals surface area contributed by atoms with Crippen LogP contribution in [0.25, 0.3) is 0 Å². The van der Waals surface area contributed by atoms with Gasteiger partial charge in [0.1, 0.15) is 6.33 Å². The Morgan fingerprint density at radius 3 is 2.75 bits per heavy atom. The van der Waals surface area contributed by atoms with Gasteiger partial charge >= 0.3 is 0 Å². The van der Waals surface area contributed by atoms with E-state index in [1.54, 1.807) is 12.1 Å². The fourth-order valence-electron chi connectivity index (χ4n) is 1.56. The van der Waals surface area contributed by atoms with Crippen molar-refractivity contribution >= 4 is 23.4 Å². The van der Waals surface area contributed by atoms with Crippen LogP contribution < -0.4 is 5.32 Å². The molecular formula is C13H10N4O2S. The van der Waals surface area contributed by atoms with E-state index in [1.807, 2.05) is 24.3 Å². The summed E-state index contributed by atoms with van der Waals surface area (Å²) in [7, 11) is 0. The van der Waals surface area contributed by atoms with Crippen molar-refractivity contribution in [1.29, 1.82) is 0 Å². The molecule has 6 nitrogen and oxygen atoms in total. The minimum absolute atomic E-state index is 0.273. The molecule has 3 rings (SSSR count). The molecule has 2 N–H and O–H groups in total. The summed E-state index contributed by atoms with van der Waals surface area (Å²) in [4.78, 5) is 16.8. The number of anilines is 1. The van der Waals surface area contributed by atoms with Crippen LogP contribution in [0.4, 0.5) is 5.69 Å². The van der Waals surface area contributed by atoms with E-state index >= 15 is 0 Å². The van der Waals surface area contributed by atoms with Gasteiger partial charge in [0.15, 0.2) is 10.9 Å². The Balaban J connectivity index is 1.65. The van der Waals surface area contributed by atoms with Crippen molar-refractivity contribution in [3.05, 3.63) is 54.7 Å². The Labute approximate surface area is 118 Å². The molecule has 0 atom stereocenters. The topological polar surface area (TPSA) is 83.8 Å². The highest BCUT2D eigenvalue weighted by molar-refractivity contribution is 7.99. The number of amides is 1. The minimum Gasteiger partial charge on any atom is -0.459 e. The summed E-state index contributed by atoms with van der Waals surface area (Å²) in [6, 6.07) is 10.7. The van der Waals surface area contributed by atoms with E-state index in [0.717, 1.165) is 10.1 Å². The highest BCUT2D eigenvalue weighted by Gasteiger charge is 2.08. The standard InChI is InChI=1S/C13H10N4O2S/c18-12(11-2-1-7-19-11)16-9-3-5-10(6-4-9)20-13-14-8-15-17-13/h1-8H,(H,16,18)(H,14,15,17). The molecule has 100 valence electrons. The Kier molecular flexibility index (Phi) is 3.51. The maximum Gasteiger partial charge on any atom is 0.291 e. The fourth-order valence-corrected chi connectivity index (χ4v) is 2.26. The van der Waals surface area contributed by atoms with Crippen LogP contribution in [0.2, 0.25) is 0 Å². The van der Waals surface area contributed by atoms with Crippen LogP contribution in [0, 0.1) is 0 Å². The summed E-state index contributed by atoms with van der Waals surface area (Å²) in [6.45, 7) is 0. The number of aromatic nitrogens is 3. The van der Waals surface area contributed by atoms with Crippen LogP contribution in [-0.4, -0.2) is 21.1 Å². The molecule has 3 aromatic rings. The molecule has 2 heterocycles. The number of furan rings is 1. The Hall–Kier alpha value is -2.54. The number of hydrogen-bond donors (Lipinski definition) is 2. The van der Waals surface area contributed by atoms with Gasteiger partial charge < -0.3 is 9.73 Å². The Bertz CT molecular complexity index is 678. The van der Waals surface area contributed by atoms with Crippen molar-refractivity contribution in [2.45, 2.75) is 10.1 Å². The van der Waals surface area contributed by atoms with Gasteiger partial charge in [0.05, 0.1) is 6.26 Å². The van der Waals surface area contributed by atoms with Gasteiger partial charge in [-0.05, 0) is 36.4 Å². The second-order valence-corrected chi connectivity index (χ2v) is 4.91. The SMILES string of the molecule is O=C(Nc1ccc(Sc2ncn[nH]2)cc1)c1ccco1. The molecule has 2 aromatic heterocycles. The van der Waals surface area contributed by atoms with Gasteiger partial charge in [-0.3, -0.25) is 9.89 Å². The maximum absolute atomic E-state index is 11.8. The zero-order valence-electron chi connectivity index (χ0n) is 10.2. The van der Waals surface area contributed by atoms with E-state index in [1.165, 1.54) is 24.4 Å². The average Bonchev–Trinajstić information content (AvgIpc) is 3.13. The van der Waals surface area contributed by atoms with E-state index in [4.69, 9.17) is 4.42 Å². The lowest BCUT2D eigenvalue weighted by Gasteiger charge is -2.04. The highest BCUT2D eigenvalue weighted by atomic mass is 32.2. The first-order valence-electron chi connectivity index (χ1n) is 5.79. The van der Waals surface area contributed by atoms with Crippen molar-refractivity contribution < 1.29 is 9.21 Å². The summed E-state index contributed by atoms with van der Waals surface area (Å²) in [5.41, 5.74) is 0.702. The van der Waals surface area contributed by atoms with Gasteiger partial charge in [0, 0.05) is 10.6 Å². The minimum atomic E-state index is -0.273. The molecule has 7 heteroatoms. The predicted molar refractivity (Wildman–Crippen MR) is 73.6 cm³/mol. The van der Waals surface area contributed by atoms with Crippen LogP contribution in [0.15, 0.2) is 63.5 Å². The summed E-state index contributed by atoms with van der Waals surface area (Å²) >= 11 is 1.46. The molecule has 0 unspecified atom stereocenters. The van der Waals surface area contributed by atoms with E-state index in [-0.39, 0.29) is 11.7 Å². The molecule has 0 radical (unpaired) electrons. The first-order chi connectivity index (χ1) is 9.81. The van der Waals surface area contributed by atoms with Crippen molar-refractivity contribution in [2.24, 2.45) is 0 Å². The van der Waals surface area contributed by atoms with Crippen LogP contribution in [-0.2, 0) is 0 Å². The smallest absolute Gasteiger partial charge is 0.291 e. The zero-order valence-corrected chi connectivity index (χ0v) is 11.1. The molecule has 0 aliphatic rings. The largest absolute Gasteiger partial charge is 0.459 e. The van der Waals surface area contributed by atoms with Gasteiger partial charge in [-0.15, -0.1) is 0 Å². The average molecular weight is 286 g/mol. The molecule has 20 heavy (non-hydrogen) atoms. The number of hydrogen-bond acceptors (Lipinski definition) is 5. The van der Waals surface area contributed by atoms with Crippen molar-refractivity contribution in [3.8, 4) is 0 Å². The lowest BCUT2D eigenvalue weighted by molar-refractivity contribution is 0.0996. The van der Waals surface area contributed by atoms with E-state index in [9.17, 15) is 4.79 Å². The normalized spacial score (nSPS) is 10.4. The lowest BCUT2D eigenvalue weighted by atomic mass is 10.3. The third-order valence-corrected chi connectivity index (χ3v) is 3.36. The van der Waals surface area contributed by atoms with E-state index in [2.05, 4.69) is 20.5 Å². The molecule has 0 aliphatic carbocycles. The fraction of sp³-hybridized carbons (Fsp3) is 0. The second kappa shape index (κ2) is 5.62. The maximum atomic E-state index is 11.8. The van der Waals surface area contributed by atoms with Gasteiger partial charge in [0.25, 0.3) is 5.91 Å². The molecule has 0 spiro atoms. The molecule has 1 amide bonds. The first-order valence-corrected chi connectivity index (χ1v) is 6.61. The number of nitrogens with one attached hydrogen (secondary N) is 2. The summed E-state index contributed by atoms with van der Waals surface area (Å²) in [5.74, 6) is 0.00995. The number of benzene rings is 1. The number of nitrogens with zero attached hydrogens (tertiary/aromatic N) is 2. The van der Waals surface area contributed by atoms with Crippen LogP contribution in [0.3, 0.4) is 0 Å². The third kappa shape index (κ3) is 2.89. The van der Waals surface area contributed by atoms with E-state index < -0.39 is 0 Å². The van der Waals surface area contributed by atoms with Gasteiger partial charge in [-0.25, -0.2) is 4.98 Å². The molecule has 0 bridgehead atoms. The van der Waals surface area contributed by atoms with Crippen molar-refractivity contribution in [2.75, 3.05) is 5.32 Å². The third-order valence-electron chi connectivity index (χ3n) is 2.46. The summed E-state index contributed by atoms with van der Waals surface area (Å²) in [5, 5.41) is 10.0. The Morgan fingerprint density at radius 1 is 1.25 bits per heavy atom. The van der Waals surface area contributed by atoms with Crippen LogP contribution in [0.5, 0.6) is 0 Å². The number of rotatable bonds is 4. The first kappa shape index (κ1) is 12.5. The number of carbonyl (C=O) groups excluding carboxylic acids is 1. The molecule has 0 aliphatic heterocycles. The van der Waals surface area contributed by atoms with Gasteiger partial charge in [-0.2, -0.15) is 5.10 Å². The molecular weight excluding hydrogens is 276 g/mol. The number of H-pyrrole nitrogens is 1. The molecule has 0 fully saturated rings. The molecule has 0 saturated heterocycles. The second-order valence-electron chi connectivity index (χ2n) is 3.85. The molecule has 1 aromatic carbocycles. The van der Waals surface area contributed by atoms with Gasteiger partial charge in [0.2, 0.25) is 0 Å². The quantitative estimate of drug-likeness (QED) is 0.770. The highest BCUT2D eigenvalue weighted by Crippen LogP contribution is 2.25. The van der Waals surface area contributed by atoms with Crippen LogP contribution >= 0.6 is 11.8 Å². The lowest BCUT2D eigenvalue weighted by Crippen LogP contribution is -2.10. The Morgan fingerprint density at radius 2 is 2.10 bits per heavy atom. The van der Waals surface area contributed by atoms with Crippen molar-refractivity contribution in [1.82, 2.24) is 15.2 Å². The number of aromatic amines is 1. The number of carbonyl (C=O) groups is 1.